The molecule has 1 unspecified atom stereocenters. The number of aliphatic carboxylic acids is 1. The molecule has 0 saturated heterocycles. The highest BCUT2D eigenvalue weighted by molar-refractivity contribution is 5.72. The molecule has 5 N–H and O–H groups in total. The summed E-state index contributed by atoms with van der Waals surface area (Å²) in [4.78, 5) is 10.2. The molecular formula is C8H14N2O2. The van der Waals surface area contributed by atoms with Crippen LogP contribution in [0, 0.1) is 0 Å². The third kappa shape index (κ3) is 5.49. The van der Waals surface area contributed by atoms with Gasteiger partial charge in [0.15, 0.2) is 0 Å². The molecule has 0 aromatic rings. The Kier molecular flexibility index (Phi) is 5.73. The number of allylic oxidation sites excluding steroid dienone is 3. The highest BCUT2D eigenvalue weighted by Crippen LogP contribution is 1.95. The van der Waals surface area contributed by atoms with Gasteiger partial charge in [-0.25, -0.2) is 0 Å². The third-order valence-electron chi connectivity index (χ3n) is 1.32. The molecule has 0 rings (SSSR count). The molecule has 0 aromatic carbocycles. The second-order valence-corrected chi connectivity index (χ2v) is 2.34. The Balaban J connectivity index is 3.49. The number of nitrogens with two attached hydrogens (primary N) is 2. The molecule has 12 heavy (non-hydrogen) atoms. The van der Waals surface area contributed by atoms with Crippen molar-refractivity contribution < 1.29 is 9.90 Å². The van der Waals surface area contributed by atoms with Crippen LogP contribution in [-0.2, 0) is 4.79 Å². The quantitative estimate of drug-likeness (QED) is 0.514. The van der Waals surface area contributed by atoms with E-state index in [-0.39, 0.29) is 0 Å². The molecule has 4 heteroatoms. The largest absolute Gasteiger partial charge is 0.480 e. The summed E-state index contributed by atoms with van der Waals surface area (Å²) in [5.74, 6) is -0.960. The van der Waals surface area contributed by atoms with Crippen LogP contribution in [0.2, 0.25) is 0 Å². The number of hydrogen-bond donors (Lipinski definition) is 3. The Bertz CT molecular complexity index is 187. The minimum absolute atomic E-state index is 0.449. The second-order valence-electron chi connectivity index (χ2n) is 2.34. The van der Waals surface area contributed by atoms with E-state index >= 15 is 0 Å². The first-order valence-corrected chi connectivity index (χ1v) is 3.70. The van der Waals surface area contributed by atoms with Crippen LogP contribution in [-0.4, -0.2) is 17.1 Å². The first-order chi connectivity index (χ1) is 5.68. The van der Waals surface area contributed by atoms with Crippen molar-refractivity contribution in [3.8, 4) is 0 Å². The molecule has 0 aliphatic heterocycles. The molecule has 0 aliphatic rings. The van der Waals surface area contributed by atoms with Gasteiger partial charge in [0.2, 0.25) is 0 Å². The zero-order chi connectivity index (χ0) is 9.40. The monoisotopic (exact) mass is 170 g/mol. The van der Waals surface area contributed by atoms with Crippen molar-refractivity contribution in [3.63, 3.8) is 0 Å². The van der Waals surface area contributed by atoms with Gasteiger partial charge in [0.05, 0.1) is 0 Å². The van der Waals surface area contributed by atoms with Crippen molar-refractivity contribution in [2.24, 2.45) is 11.5 Å². The molecule has 0 aliphatic carbocycles. The van der Waals surface area contributed by atoms with Gasteiger partial charge in [-0.15, -0.1) is 0 Å². The van der Waals surface area contributed by atoms with Crippen LogP contribution in [0.1, 0.15) is 12.8 Å². The Morgan fingerprint density at radius 1 is 1.50 bits per heavy atom. The smallest absolute Gasteiger partial charge is 0.320 e. The maximum atomic E-state index is 10.2. The van der Waals surface area contributed by atoms with E-state index in [9.17, 15) is 4.79 Å². The van der Waals surface area contributed by atoms with Crippen LogP contribution in [0.5, 0.6) is 0 Å². The van der Waals surface area contributed by atoms with Gasteiger partial charge in [0, 0.05) is 0 Å². The summed E-state index contributed by atoms with van der Waals surface area (Å²) in [6.07, 6.45) is 7.77. The second kappa shape index (κ2) is 6.42. The van der Waals surface area contributed by atoms with Gasteiger partial charge in [-0.1, -0.05) is 12.2 Å². The summed E-state index contributed by atoms with van der Waals surface area (Å²) in [5.41, 5.74) is 10.3. The molecule has 0 fully saturated rings. The summed E-state index contributed by atoms with van der Waals surface area (Å²) < 4.78 is 0. The molecule has 4 nitrogen and oxygen atoms in total. The van der Waals surface area contributed by atoms with Crippen LogP contribution in [0.3, 0.4) is 0 Å². The molecule has 0 saturated carbocycles. The van der Waals surface area contributed by atoms with Gasteiger partial charge < -0.3 is 16.6 Å². The number of carboxylic acid groups (broad SMARTS) is 1. The van der Waals surface area contributed by atoms with Crippen molar-refractivity contribution in [1.29, 1.82) is 0 Å². The lowest BCUT2D eigenvalue weighted by atomic mass is 10.1. The van der Waals surface area contributed by atoms with E-state index in [0.717, 1.165) is 0 Å². The first kappa shape index (κ1) is 10.7. The maximum Gasteiger partial charge on any atom is 0.320 e. The van der Waals surface area contributed by atoms with Gasteiger partial charge in [0.25, 0.3) is 0 Å². The maximum absolute atomic E-state index is 10.2. The summed E-state index contributed by atoms with van der Waals surface area (Å²) >= 11 is 0. The molecule has 0 amide bonds. The van der Waals surface area contributed by atoms with Crippen LogP contribution < -0.4 is 11.5 Å². The Morgan fingerprint density at radius 3 is 2.67 bits per heavy atom. The standard InChI is InChI=1S/C8H14N2O2/c9-6-4-2-1-3-5-7(10)8(11)12/h1-2,4,6-7H,3,5,9-10H2,(H,11,12)/b2-1-,6-4-. The SMILES string of the molecule is N/C=C\C=C/CCC(N)C(=O)O. The molecule has 0 aromatic heterocycles. The lowest BCUT2D eigenvalue weighted by molar-refractivity contribution is -0.138. The molecule has 68 valence electrons. The number of carboxylic acids is 1. The predicted molar refractivity (Wildman–Crippen MR) is 47.3 cm³/mol. The molecule has 0 bridgehead atoms. The Morgan fingerprint density at radius 2 is 2.17 bits per heavy atom. The minimum atomic E-state index is -0.960. The van der Waals surface area contributed by atoms with Crippen LogP contribution >= 0.6 is 0 Å². The van der Waals surface area contributed by atoms with E-state index < -0.39 is 12.0 Å². The highest BCUT2D eigenvalue weighted by Gasteiger charge is 2.08. The summed E-state index contributed by atoms with van der Waals surface area (Å²) in [6.45, 7) is 0. The van der Waals surface area contributed by atoms with Crippen molar-refractivity contribution in [1.82, 2.24) is 0 Å². The fourth-order valence-electron chi connectivity index (χ4n) is 0.638. The van der Waals surface area contributed by atoms with Crippen LogP contribution in [0.15, 0.2) is 24.4 Å². The Labute approximate surface area is 71.6 Å². The normalized spacial score (nSPS) is 14.1. The lowest BCUT2D eigenvalue weighted by Crippen LogP contribution is -2.29. The topological polar surface area (TPSA) is 89.3 Å². The molecule has 0 spiro atoms. The van der Waals surface area contributed by atoms with E-state index in [2.05, 4.69) is 0 Å². The van der Waals surface area contributed by atoms with Gasteiger partial charge in [-0.05, 0) is 25.1 Å². The fraction of sp³-hybridized carbons (Fsp3) is 0.375. The number of rotatable bonds is 5. The number of hydrogen-bond acceptors (Lipinski definition) is 3. The molecule has 0 heterocycles. The van der Waals surface area contributed by atoms with Crippen molar-refractivity contribution in [3.05, 3.63) is 24.4 Å². The third-order valence-corrected chi connectivity index (χ3v) is 1.32. The van der Waals surface area contributed by atoms with Crippen molar-refractivity contribution >= 4 is 5.97 Å². The average Bonchev–Trinajstić information content (AvgIpc) is 2.03. The first-order valence-electron chi connectivity index (χ1n) is 3.70. The van der Waals surface area contributed by atoms with Crippen LogP contribution in [0.25, 0.3) is 0 Å². The van der Waals surface area contributed by atoms with Gasteiger partial charge in [-0.2, -0.15) is 0 Å². The van der Waals surface area contributed by atoms with Crippen LogP contribution in [0.4, 0.5) is 0 Å². The average molecular weight is 170 g/mol. The van der Waals surface area contributed by atoms with Gasteiger partial charge in [-0.3, -0.25) is 4.79 Å². The lowest BCUT2D eigenvalue weighted by Gasteiger charge is -2.01. The summed E-state index contributed by atoms with van der Waals surface area (Å²) in [7, 11) is 0. The van der Waals surface area contributed by atoms with E-state index in [1.807, 2.05) is 6.08 Å². The summed E-state index contributed by atoms with van der Waals surface area (Å²) in [5, 5.41) is 8.40. The fourth-order valence-corrected chi connectivity index (χ4v) is 0.638. The zero-order valence-corrected chi connectivity index (χ0v) is 6.81. The van der Waals surface area contributed by atoms with E-state index in [1.165, 1.54) is 6.20 Å². The molecule has 0 radical (unpaired) electrons. The highest BCUT2D eigenvalue weighted by atomic mass is 16.4. The minimum Gasteiger partial charge on any atom is -0.480 e. The summed E-state index contributed by atoms with van der Waals surface area (Å²) in [6, 6.07) is -0.767. The van der Waals surface area contributed by atoms with E-state index in [0.29, 0.717) is 12.8 Å². The molecular weight excluding hydrogens is 156 g/mol. The van der Waals surface area contributed by atoms with Crippen molar-refractivity contribution in [2.75, 3.05) is 0 Å². The van der Waals surface area contributed by atoms with Gasteiger partial charge >= 0.3 is 5.97 Å². The zero-order valence-electron chi connectivity index (χ0n) is 6.81. The number of carbonyl (C=O) groups is 1. The Hall–Kier alpha value is -1.29. The van der Waals surface area contributed by atoms with Gasteiger partial charge in [0.1, 0.15) is 6.04 Å². The van der Waals surface area contributed by atoms with E-state index in [1.54, 1.807) is 12.2 Å². The molecule has 1 atom stereocenters. The van der Waals surface area contributed by atoms with E-state index in [4.69, 9.17) is 16.6 Å². The predicted octanol–water partition coefficient (Wildman–Crippen LogP) is 0.207. The van der Waals surface area contributed by atoms with Crippen molar-refractivity contribution in [2.45, 2.75) is 18.9 Å².